The molecule has 1 aromatic heterocycles. The third-order valence-corrected chi connectivity index (χ3v) is 4.03. The average Bonchev–Trinajstić information content (AvgIpc) is 3.08. The van der Waals surface area contributed by atoms with Crippen molar-refractivity contribution in [1.82, 2.24) is 15.1 Å². The lowest BCUT2D eigenvalue weighted by Crippen LogP contribution is -2.22. The molecule has 2 atom stereocenters. The van der Waals surface area contributed by atoms with Gasteiger partial charge in [0.1, 0.15) is 0 Å². The highest BCUT2D eigenvalue weighted by atomic mass is 16.5. The number of aryl methyl sites for hydroxylation is 2. The summed E-state index contributed by atoms with van der Waals surface area (Å²) in [4.78, 5) is 0. The van der Waals surface area contributed by atoms with Crippen molar-refractivity contribution in [3.05, 3.63) is 17.5 Å². The predicted octanol–water partition coefficient (Wildman–Crippen LogP) is 2.69. The van der Waals surface area contributed by atoms with Gasteiger partial charge < -0.3 is 10.1 Å². The third kappa shape index (κ3) is 3.57. The molecular weight excluding hydrogens is 238 g/mol. The molecule has 2 heterocycles. The van der Waals surface area contributed by atoms with Crippen LogP contribution in [0.25, 0.3) is 0 Å². The Kier molecular flexibility index (Phi) is 5.40. The van der Waals surface area contributed by atoms with E-state index in [0.29, 0.717) is 12.1 Å². The van der Waals surface area contributed by atoms with Gasteiger partial charge in [0.25, 0.3) is 0 Å². The zero-order valence-electron chi connectivity index (χ0n) is 12.5. The van der Waals surface area contributed by atoms with Crippen LogP contribution in [0.2, 0.25) is 0 Å². The van der Waals surface area contributed by atoms with Crippen molar-refractivity contribution < 1.29 is 4.74 Å². The molecule has 1 N–H and O–H groups in total. The van der Waals surface area contributed by atoms with Crippen LogP contribution in [0.15, 0.2) is 6.07 Å². The molecule has 2 unspecified atom stereocenters. The molecule has 1 aliphatic heterocycles. The first-order chi connectivity index (χ1) is 9.28. The lowest BCUT2D eigenvalue weighted by atomic mass is 10.0. The number of hydrogen-bond acceptors (Lipinski definition) is 3. The first kappa shape index (κ1) is 14.5. The van der Waals surface area contributed by atoms with Crippen LogP contribution in [-0.4, -0.2) is 29.5 Å². The molecule has 4 nitrogen and oxygen atoms in total. The third-order valence-electron chi connectivity index (χ3n) is 4.03. The fraction of sp³-hybridized carbons (Fsp3) is 0.800. The quantitative estimate of drug-likeness (QED) is 0.824. The fourth-order valence-corrected chi connectivity index (χ4v) is 2.86. The summed E-state index contributed by atoms with van der Waals surface area (Å²) in [5, 5.41) is 8.08. The van der Waals surface area contributed by atoms with Crippen LogP contribution in [0.5, 0.6) is 0 Å². The molecule has 0 aliphatic carbocycles. The minimum Gasteiger partial charge on any atom is -0.378 e. The highest BCUT2D eigenvalue weighted by Gasteiger charge is 2.20. The number of hydrogen-bond donors (Lipinski definition) is 1. The highest BCUT2D eigenvalue weighted by Crippen LogP contribution is 2.24. The molecule has 1 fully saturated rings. The standard InChI is InChI=1S/C15H27N3O/c1-4-12-11-15(18(5-2)17-12)14(16-3)9-8-13-7-6-10-19-13/h11,13-14,16H,4-10H2,1-3H3. The van der Waals surface area contributed by atoms with Crippen molar-refractivity contribution in [2.45, 2.75) is 64.6 Å². The van der Waals surface area contributed by atoms with Crippen LogP contribution >= 0.6 is 0 Å². The molecule has 0 bridgehead atoms. The monoisotopic (exact) mass is 265 g/mol. The maximum atomic E-state index is 5.72. The largest absolute Gasteiger partial charge is 0.378 e. The van der Waals surface area contributed by atoms with E-state index < -0.39 is 0 Å². The van der Waals surface area contributed by atoms with Gasteiger partial charge >= 0.3 is 0 Å². The second kappa shape index (κ2) is 7.06. The van der Waals surface area contributed by atoms with Crippen LogP contribution in [0, 0.1) is 0 Å². The summed E-state index contributed by atoms with van der Waals surface area (Å²) >= 11 is 0. The van der Waals surface area contributed by atoms with Gasteiger partial charge in [0, 0.05) is 19.2 Å². The first-order valence-electron chi connectivity index (χ1n) is 7.64. The van der Waals surface area contributed by atoms with E-state index in [1.54, 1.807) is 0 Å². The molecule has 0 spiro atoms. The Bertz CT molecular complexity index is 383. The smallest absolute Gasteiger partial charge is 0.0625 e. The van der Waals surface area contributed by atoms with Gasteiger partial charge in [-0.25, -0.2) is 0 Å². The second-order valence-electron chi connectivity index (χ2n) is 5.28. The summed E-state index contributed by atoms with van der Waals surface area (Å²) in [5.41, 5.74) is 2.51. The van der Waals surface area contributed by atoms with Crippen LogP contribution in [-0.2, 0) is 17.7 Å². The molecule has 0 saturated carbocycles. The van der Waals surface area contributed by atoms with Crippen LogP contribution in [0.1, 0.15) is 57.0 Å². The fourth-order valence-electron chi connectivity index (χ4n) is 2.86. The Labute approximate surface area is 116 Å². The van der Waals surface area contributed by atoms with E-state index >= 15 is 0 Å². The highest BCUT2D eigenvalue weighted by molar-refractivity contribution is 5.14. The van der Waals surface area contributed by atoms with E-state index in [9.17, 15) is 0 Å². The summed E-state index contributed by atoms with van der Waals surface area (Å²) in [6.07, 6.45) is 6.19. The van der Waals surface area contributed by atoms with E-state index in [-0.39, 0.29) is 0 Å². The van der Waals surface area contributed by atoms with Crippen molar-refractivity contribution in [3.63, 3.8) is 0 Å². The van der Waals surface area contributed by atoms with Gasteiger partial charge in [-0.3, -0.25) is 4.68 Å². The molecule has 19 heavy (non-hydrogen) atoms. The van der Waals surface area contributed by atoms with E-state index in [4.69, 9.17) is 4.74 Å². The Morgan fingerprint density at radius 3 is 2.95 bits per heavy atom. The lowest BCUT2D eigenvalue weighted by molar-refractivity contribution is 0.0995. The Morgan fingerprint density at radius 2 is 2.37 bits per heavy atom. The maximum Gasteiger partial charge on any atom is 0.0625 e. The van der Waals surface area contributed by atoms with Gasteiger partial charge in [-0.05, 0) is 52.1 Å². The first-order valence-corrected chi connectivity index (χ1v) is 7.64. The molecule has 1 saturated heterocycles. The van der Waals surface area contributed by atoms with Crippen molar-refractivity contribution in [3.8, 4) is 0 Å². The summed E-state index contributed by atoms with van der Waals surface area (Å²) in [6.45, 7) is 6.20. The SMILES string of the molecule is CCc1cc(C(CCC2CCCO2)NC)n(CC)n1. The van der Waals surface area contributed by atoms with Crippen LogP contribution in [0.4, 0.5) is 0 Å². The van der Waals surface area contributed by atoms with Crippen molar-refractivity contribution in [1.29, 1.82) is 0 Å². The van der Waals surface area contributed by atoms with Crippen molar-refractivity contribution in [2.24, 2.45) is 0 Å². The Hall–Kier alpha value is -0.870. The molecule has 108 valence electrons. The molecule has 0 aromatic carbocycles. The number of ether oxygens (including phenoxy) is 1. The molecule has 0 radical (unpaired) electrons. The molecule has 1 aromatic rings. The van der Waals surface area contributed by atoms with E-state index in [1.165, 1.54) is 24.2 Å². The number of rotatable bonds is 7. The van der Waals surface area contributed by atoms with Gasteiger partial charge in [-0.15, -0.1) is 0 Å². The van der Waals surface area contributed by atoms with Crippen LogP contribution < -0.4 is 5.32 Å². The van der Waals surface area contributed by atoms with Gasteiger partial charge in [0.05, 0.1) is 17.5 Å². The summed E-state index contributed by atoms with van der Waals surface area (Å²) in [5.74, 6) is 0. The van der Waals surface area contributed by atoms with Gasteiger partial charge in [0.2, 0.25) is 0 Å². The Morgan fingerprint density at radius 1 is 1.53 bits per heavy atom. The maximum absolute atomic E-state index is 5.72. The topological polar surface area (TPSA) is 39.1 Å². The zero-order valence-corrected chi connectivity index (χ0v) is 12.5. The van der Waals surface area contributed by atoms with Crippen molar-refractivity contribution in [2.75, 3.05) is 13.7 Å². The number of nitrogens with one attached hydrogen (secondary N) is 1. The predicted molar refractivity (Wildman–Crippen MR) is 77.3 cm³/mol. The second-order valence-corrected chi connectivity index (χ2v) is 5.28. The molecule has 2 rings (SSSR count). The summed E-state index contributed by atoms with van der Waals surface area (Å²) < 4.78 is 7.85. The molecule has 1 aliphatic rings. The number of nitrogens with zero attached hydrogens (tertiary/aromatic N) is 2. The van der Waals surface area contributed by atoms with E-state index in [2.05, 4.69) is 35.0 Å². The minimum absolute atomic E-state index is 0.386. The zero-order chi connectivity index (χ0) is 13.7. The van der Waals surface area contributed by atoms with Gasteiger partial charge in [0.15, 0.2) is 0 Å². The normalized spacial score (nSPS) is 20.9. The lowest BCUT2D eigenvalue weighted by Gasteiger charge is -2.19. The molecular formula is C15H27N3O. The van der Waals surface area contributed by atoms with Gasteiger partial charge in [-0.2, -0.15) is 5.10 Å². The van der Waals surface area contributed by atoms with Gasteiger partial charge in [-0.1, -0.05) is 6.92 Å². The average molecular weight is 265 g/mol. The molecule has 4 heteroatoms. The summed E-state index contributed by atoms with van der Waals surface area (Å²) in [6, 6.07) is 2.64. The molecule has 0 amide bonds. The van der Waals surface area contributed by atoms with E-state index in [0.717, 1.165) is 32.4 Å². The van der Waals surface area contributed by atoms with Crippen LogP contribution in [0.3, 0.4) is 0 Å². The van der Waals surface area contributed by atoms with E-state index in [1.807, 2.05) is 7.05 Å². The Balaban J connectivity index is 2.00. The van der Waals surface area contributed by atoms with Crippen molar-refractivity contribution >= 4 is 0 Å². The minimum atomic E-state index is 0.386. The number of aromatic nitrogens is 2. The summed E-state index contributed by atoms with van der Waals surface area (Å²) in [7, 11) is 2.04.